The Hall–Kier alpha value is -0.120. The molecule has 1 aliphatic rings. The summed E-state index contributed by atoms with van der Waals surface area (Å²) in [5.41, 5.74) is 0. The van der Waals surface area contributed by atoms with E-state index < -0.39 is 0 Å². The molecule has 1 N–H and O–H groups in total. The predicted octanol–water partition coefficient (Wildman–Crippen LogP) is 1.01. The molecule has 1 rings (SSSR count). The van der Waals surface area contributed by atoms with Crippen molar-refractivity contribution in [1.82, 2.24) is 15.1 Å². The van der Waals surface area contributed by atoms with Crippen LogP contribution in [0.2, 0.25) is 0 Å². The van der Waals surface area contributed by atoms with Gasteiger partial charge in [0.2, 0.25) is 0 Å². The highest BCUT2D eigenvalue weighted by molar-refractivity contribution is 4.81. The highest BCUT2D eigenvalue weighted by atomic mass is 15.2. The molecule has 1 aliphatic heterocycles. The average Bonchev–Trinajstić information content (AvgIpc) is 2.63. The largest absolute Gasteiger partial charge is 0.314 e. The number of nitrogens with one attached hydrogen (secondary N) is 1. The van der Waals surface area contributed by atoms with Gasteiger partial charge in [0.15, 0.2) is 0 Å². The molecule has 1 saturated heterocycles. The molecular formula is C12H27N3. The van der Waals surface area contributed by atoms with Crippen LogP contribution >= 0.6 is 0 Å². The van der Waals surface area contributed by atoms with E-state index in [1.165, 1.54) is 32.5 Å². The van der Waals surface area contributed by atoms with Crippen molar-refractivity contribution < 1.29 is 0 Å². The second-order valence-electron chi connectivity index (χ2n) is 4.95. The van der Waals surface area contributed by atoms with Gasteiger partial charge in [0.25, 0.3) is 0 Å². The van der Waals surface area contributed by atoms with Crippen LogP contribution < -0.4 is 5.32 Å². The zero-order chi connectivity index (χ0) is 11.3. The van der Waals surface area contributed by atoms with Crippen molar-refractivity contribution in [2.75, 3.05) is 40.3 Å². The van der Waals surface area contributed by atoms with Crippen LogP contribution in [0.1, 0.15) is 26.7 Å². The van der Waals surface area contributed by atoms with Crippen LogP contribution in [0.3, 0.4) is 0 Å². The molecule has 3 nitrogen and oxygen atoms in total. The predicted molar refractivity (Wildman–Crippen MR) is 66.3 cm³/mol. The van der Waals surface area contributed by atoms with E-state index in [0.717, 1.165) is 12.6 Å². The van der Waals surface area contributed by atoms with E-state index in [-0.39, 0.29) is 0 Å². The normalized spacial score (nSPS) is 25.0. The van der Waals surface area contributed by atoms with Crippen LogP contribution in [0.25, 0.3) is 0 Å². The fraction of sp³-hybridized carbons (Fsp3) is 1.00. The lowest BCUT2D eigenvalue weighted by Gasteiger charge is -2.21. The maximum Gasteiger partial charge on any atom is 0.0229 e. The van der Waals surface area contributed by atoms with Gasteiger partial charge in [0.1, 0.15) is 0 Å². The van der Waals surface area contributed by atoms with Gasteiger partial charge < -0.3 is 15.1 Å². The molecule has 2 atom stereocenters. The first-order chi connectivity index (χ1) is 7.13. The van der Waals surface area contributed by atoms with E-state index in [9.17, 15) is 0 Å². The molecule has 0 radical (unpaired) electrons. The summed E-state index contributed by atoms with van der Waals surface area (Å²) in [6.45, 7) is 9.32. The van der Waals surface area contributed by atoms with E-state index in [1.54, 1.807) is 0 Å². The maximum absolute atomic E-state index is 3.47. The average molecular weight is 213 g/mol. The summed E-state index contributed by atoms with van der Waals surface area (Å²) in [6, 6.07) is 1.44. The summed E-state index contributed by atoms with van der Waals surface area (Å²) in [5, 5.41) is 3.47. The van der Waals surface area contributed by atoms with Gasteiger partial charge in [0, 0.05) is 18.6 Å². The molecular weight excluding hydrogens is 186 g/mol. The fourth-order valence-electron chi connectivity index (χ4n) is 2.26. The van der Waals surface area contributed by atoms with E-state index in [0.29, 0.717) is 6.04 Å². The molecule has 1 heterocycles. The molecule has 0 aliphatic carbocycles. The third-order valence-corrected chi connectivity index (χ3v) is 3.41. The number of likely N-dealkylation sites (N-methyl/N-ethyl adjacent to an activating group) is 1. The minimum atomic E-state index is 0.661. The third kappa shape index (κ3) is 4.49. The standard InChI is InChI=1S/C12H27N3/c1-5-13-11(2)6-8-15-9-7-12(10-15)14(3)4/h11-13H,5-10H2,1-4H3. The first-order valence-electron chi connectivity index (χ1n) is 6.25. The van der Waals surface area contributed by atoms with E-state index >= 15 is 0 Å². The Balaban J connectivity index is 2.13. The molecule has 0 bridgehead atoms. The molecule has 0 aromatic carbocycles. The van der Waals surface area contributed by atoms with Crippen molar-refractivity contribution in [3.63, 3.8) is 0 Å². The van der Waals surface area contributed by atoms with Gasteiger partial charge in [-0.15, -0.1) is 0 Å². The summed E-state index contributed by atoms with van der Waals surface area (Å²) in [7, 11) is 4.38. The first-order valence-corrected chi connectivity index (χ1v) is 6.25. The van der Waals surface area contributed by atoms with Crippen LogP contribution in [-0.2, 0) is 0 Å². The molecule has 3 heteroatoms. The van der Waals surface area contributed by atoms with E-state index in [1.807, 2.05) is 0 Å². The molecule has 90 valence electrons. The number of hydrogen-bond donors (Lipinski definition) is 1. The molecule has 0 aromatic rings. The summed E-state index contributed by atoms with van der Waals surface area (Å²) >= 11 is 0. The van der Waals surface area contributed by atoms with Crippen molar-refractivity contribution in [2.45, 2.75) is 38.8 Å². The Morgan fingerprint density at radius 1 is 1.47 bits per heavy atom. The highest BCUT2D eigenvalue weighted by Crippen LogP contribution is 2.13. The Morgan fingerprint density at radius 2 is 2.20 bits per heavy atom. The Bertz CT molecular complexity index is 170. The van der Waals surface area contributed by atoms with E-state index in [2.05, 4.69) is 43.1 Å². The summed E-state index contributed by atoms with van der Waals surface area (Å²) in [6.07, 6.45) is 2.61. The molecule has 0 aromatic heterocycles. The van der Waals surface area contributed by atoms with Crippen molar-refractivity contribution in [2.24, 2.45) is 0 Å². The number of nitrogens with zero attached hydrogens (tertiary/aromatic N) is 2. The lowest BCUT2D eigenvalue weighted by Crippen LogP contribution is -2.34. The monoisotopic (exact) mass is 213 g/mol. The van der Waals surface area contributed by atoms with Crippen molar-refractivity contribution in [3.8, 4) is 0 Å². The Morgan fingerprint density at radius 3 is 2.73 bits per heavy atom. The van der Waals surface area contributed by atoms with Gasteiger partial charge in [-0.2, -0.15) is 0 Å². The molecule has 1 fully saturated rings. The highest BCUT2D eigenvalue weighted by Gasteiger charge is 2.23. The third-order valence-electron chi connectivity index (χ3n) is 3.41. The topological polar surface area (TPSA) is 18.5 Å². The maximum atomic E-state index is 3.47. The Kier molecular flexibility index (Phi) is 5.58. The quantitative estimate of drug-likeness (QED) is 0.710. The zero-order valence-electron chi connectivity index (χ0n) is 10.8. The zero-order valence-corrected chi connectivity index (χ0v) is 10.8. The van der Waals surface area contributed by atoms with Gasteiger partial charge >= 0.3 is 0 Å². The molecule has 0 saturated carbocycles. The van der Waals surface area contributed by atoms with Crippen molar-refractivity contribution >= 4 is 0 Å². The molecule has 0 amide bonds. The molecule has 2 unspecified atom stereocenters. The van der Waals surface area contributed by atoms with E-state index in [4.69, 9.17) is 0 Å². The van der Waals surface area contributed by atoms with Gasteiger partial charge in [0.05, 0.1) is 0 Å². The lowest BCUT2D eigenvalue weighted by atomic mass is 10.2. The molecule has 0 spiro atoms. The number of rotatable bonds is 6. The summed E-state index contributed by atoms with van der Waals surface area (Å²) < 4.78 is 0. The summed E-state index contributed by atoms with van der Waals surface area (Å²) in [4.78, 5) is 4.95. The first kappa shape index (κ1) is 12.9. The second kappa shape index (κ2) is 6.46. The minimum Gasteiger partial charge on any atom is -0.314 e. The minimum absolute atomic E-state index is 0.661. The number of likely N-dealkylation sites (tertiary alicyclic amines) is 1. The van der Waals surface area contributed by atoms with Crippen LogP contribution in [0.5, 0.6) is 0 Å². The Labute approximate surface area is 94.8 Å². The van der Waals surface area contributed by atoms with Crippen LogP contribution in [-0.4, -0.2) is 62.2 Å². The van der Waals surface area contributed by atoms with Crippen LogP contribution in [0, 0.1) is 0 Å². The van der Waals surface area contributed by atoms with Gasteiger partial charge in [-0.1, -0.05) is 6.92 Å². The van der Waals surface area contributed by atoms with Crippen molar-refractivity contribution in [3.05, 3.63) is 0 Å². The fourth-order valence-corrected chi connectivity index (χ4v) is 2.26. The lowest BCUT2D eigenvalue weighted by molar-refractivity contribution is 0.261. The van der Waals surface area contributed by atoms with Crippen molar-refractivity contribution in [1.29, 1.82) is 0 Å². The van der Waals surface area contributed by atoms with Gasteiger partial charge in [-0.25, -0.2) is 0 Å². The summed E-state index contributed by atoms with van der Waals surface area (Å²) in [5.74, 6) is 0. The SMILES string of the molecule is CCNC(C)CCN1CCC(N(C)C)C1. The smallest absolute Gasteiger partial charge is 0.0229 e. The van der Waals surface area contributed by atoms with Gasteiger partial charge in [-0.05, 0) is 53.5 Å². The van der Waals surface area contributed by atoms with Crippen LogP contribution in [0.4, 0.5) is 0 Å². The number of hydrogen-bond acceptors (Lipinski definition) is 3. The van der Waals surface area contributed by atoms with Gasteiger partial charge in [-0.3, -0.25) is 0 Å². The second-order valence-corrected chi connectivity index (χ2v) is 4.95. The van der Waals surface area contributed by atoms with Crippen LogP contribution in [0.15, 0.2) is 0 Å². The molecule has 15 heavy (non-hydrogen) atoms.